The minimum Gasteiger partial charge on any atom is -0.505 e. The molecule has 3 nitrogen and oxygen atoms in total. The molecule has 0 amide bonds. The Morgan fingerprint density at radius 1 is 1.00 bits per heavy atom. The molecule has 3 aromatic rings. The summed E-state index contributed by atoms with van der Waals surface area (Å²) in [6.45, 7) is 3.87. The highest BCUT2D eigenvalue weighted by molar-refractivity contribution is 9.10. The number of aromatic hydroxyl groups is 1. The van der Waals surface area contributed by atoms with Gasteiger partial charge in [-0.15, -0.1) is 0 Å². The van der Waals surface area contributed by atoms with Crippen LogP contribution in [-0.4, -0.2) is 15.1 Å². The van der Waals surface area contributed by atoms with Crippen molar-refractivity contribution >= 4 is 38.0 Å². The zero-order valence-electron chi connectivity index (χ0n) is 10.0. The largest absolute Gasteiger partial charge is 0.505 e. The van der Waals surface area contributed by atoms with Gasteiger partial charge in [-0.25, -0.2) is 9.97 Å². The van der Waals surface area contributed by atoms with E-state index in [0.717, 1.165) is 26.6 Å². The lowest BCUT2D eigenvalue weighted by atomic mass is 10.1. The molecule has 4 heteroatoms. The van der Waals surface area contributed by atoms with E-state index in [1.807, 2.05) is 38.1 Å². The van der Waals surface area contributed by atoms with E-state index in [2.05, 4.69) is 25.9 Å². The van der Waals surface area contributed by atoms with Crippen LogP contribution in [0.1, 0.15) is 11.1 Å². The summed E-state index contributed by atoms with van der Waals surface area (Å²) in [7, 11) is 0. The van der Waals surface area contributed by atoms with Crippen molar-refractivity contribution in [1.82, 2.24) is 9.97 Å². The number of phenols is 1. The Morgan fingerprint density at radius 2 is 1.72 bits per heavy atom. The summed E-state index contributed by atoms with van der Waals surface area (Å²) in [5, 5.41) is 10.1. The Labute approximate surface area is 113 Å². The summed E-state index contributed by atoms with van der Waals surface area (Å²) < 4.78 is 0.851. The number of fused-ring (bicyclic) bond motifs is 2. The van der Waals surface area contributed by atoms with E-state index in [0.29, 0.717) is 11.0 Å². The molecule has 1 N–H and O–H groups in total. The van der Waals surface area contributed by atoms with E-state index < -0.39 is 0 Å². The van der Waals surface area contributed by atoms with E-state index in [-0.39, 0.29) is 5.75 Å². The second-order valence-corrected chi connectivity index (χ2v) is 5.29. The summed E-state index contributed by atoms with van der Waals surface area (Å²) in [6.07, 6.45) is 0. The molecule has 0 radical (unpaired) electrons. The van der Waals surface area contributed by atoms with Crippen molar-refractivity contribution in [2.75, 3.05) is 0 Å². The summed E-state index contributed by atoms with van der Waals surface area (Å²) in [4.78, 5) is 9.07. The Morgan fingerprint density at radius 3 is 2.50 bits per heavy atom. The fourth-order valence-corrected chi connectivity index (χ4v) is 2.63. The maximum atomic E-state index is 10.1. The Bertz CT molecular complexity index is 784. The number of phenolic OH excluding ortho intramolecular Hbond substituents is 1. The maximum Gasteiger partial charge on any atom is 0.146 e. The predicted octanol–water partition coefficient (Wildman–Crippen LogP) is 3.87. The predicted molar refractivity (Wildman–Crippen MR) is 75.9 cm³/mol. The second kappa shape index (κ2) is 3.92. The number of benzene rings is 2. The number of halogens is 1. The molecule has 1 heterocycles. The molecule has 2 aromatic carbocycles. The molecular formula is C14H11BrN2O. The van der Waals surface area contributed by atoms with Crippen molar-refractivity contribution in [2.24, 2.45) is 0 Å². The zero-order chi connectivity index (χ0) is 12.9. The molecule has 0 spiro atoms. The van der Waals surface area contributed by atoms with Crippen LogP contribution in [0.15, 0.2) is 28.7 Å². The number of rotatable bonds is 0. The van der Waals surface area contributed by atoms with Gasteiger partial charge in [0.2, 0.25) is 0 Å². The highest BCUT2D eigenvalue weighted by Crippen LogP contribution is 2.33. The molecule has 0 aliphatic rings. The third-order valence-corrected chi connectivity index (χ3v) is 3.59. The van der Waals surface area contributed by atoms with Crippen molar-refractivity contribution in [2.45, 2.75) is 13.8 Å². The minimum absolute atomic E-state index is 0.197. The SMILES string of the molecule is Cc1ccc2nc3c(O)c(C)cc(Br)c3nc2c1. The van der Waals surface area contributed by atoms with Crippen LogP contribution in [0.5, 0.6) is 5.75 Å². The van der Waals surface area contributed by atoms with Gasteiger partial charge in [-0.2, -0.15) is 0 Å². The Kier molecular flexibility index (Phi) is 2.48. The number of aryl methyl sites for hydroxylation is 2. The third-order valence-electron chi connectivity index (χ3n) is 2.99. The van der Waals surface area contributed by atoms with Gasteiger partial charge >= 0.3 is 0 Å². The van der Waals surface area contributed by atoms with Crippen LogP contribution in [0.2, 0.25) is 0 Å². The van der Waals surface area contributed by atoms with E-state index in [1.54, 1.807) is 0 Å². The van der Waals surface area contributed by atoms with Crippen molar-refractivity contribution < 1.29 is 5.11 Å². The molecule has 3 rings (SSSR count). The number of hydrogen-bond donors (Lipinski definition) is 1. The number of aromatic nitrogens is 2. The summed E-state index contributed by atoms with van der Waals surface area (Å²) in [5.41, 5.74) is 4.79. The van der Waals surface area contributed by atoms with Gasteiger partial charge < -0.3 is 5.11 Å². The lowest BCUT2D eigenvalue weighted by molar-refractivity contribution is 0.476. The average Bonchev–Trinajstić information content (AvgIpc) is 2.34. The number of nitrogens with zero attached hydrogens (tertiary/aromatic N) is 2. The molecule has 1 aromatic heterocycles. The van der Waals surface area contributed by atoms with Gasteiger partial charge in [-0.1, -0.05) is 6.07 Å². The van der Waals surface area contributed by atoms with Gasteiger partial charge in [0.15, 0.2) is 0 Å². The molecule has 0 fully saturated rings. The van der Waals surface area contributed by atoms with Crippen LogP contribution in [-0.2, 0) is 0 Å². The van der Waals surface area contributed by atoms with Crippen molar-refractivity contribution in [3.8, 4) is 5.75 Å². The van der Waals surface area contributed by atoms with Crippen LogP contribution in [0, 0.1) is 13.8 Å². The average molecular weight is 303 g/mol. The van der Waals surface area contributed by atoms with Gasteiger partial charge in [0.1, 0.15) is 16.8 Å². The van der Waals surface area contributed by atoms with Crippen molar-refractivity contribution in [3.63, 3.8) is 0 Å². The first-order valence-corrected chi connectivity index (χ1v) is 6.42. The monoisotopic (exact) mass is 302 g/mol. The van der Waals surface area contributed by atoms with Gasteiger partial charge in [0.05, 0.1) is 11.0 Å². The molecular weight excluding hydrogens is 292 g/mol. The maximum absolute atomic E-state index is 10.1. The first kappa shape index (κ1) is 11.4. The van der Waals surface area contributed by atoms with E-state index in [1.165, 1.54) is 0 Å². The van der Waals surface area contributed by atoms with Crippen LogP contribution < -0.4 is 0 Å². The fraction of sp³-hybridized carbons (Fsp3) is 0.143. The molecule has 0 atom stereocenters. The van der Waals surface area contributed by atoms with E-state index in [9.17, 15) is 5.11 Å². The highest BCUT2D eigenvalue weighted by Gasteiger charge is 2.11. The minimum atomic E-state index is 0.197. The van der Waals surface area contributed by atoms with E-state index in [4.69, 9.17) is 0 Å². The summed E-state index contributed by atoms with van der Waals surface area (Å²) in [5.74, 6) is 0.197. The fourth-order valence-electron chi connectivity index (χ4n) is 2.01. The molecule has 0 bridgehead atoms. The molecule has 0 saturated carbocycles. The van der Waals surface area contributed by atoms with Crippen molar-refractivity contribution in [1.29, 1.82) is 0 Å². The molecule has 0 aliphatic heterocycles. The Hall–Kier alpha value is -1.68. The third kappa shape index (κ3) is 1.64. The van der Waals surface area contributed by atoms with Crippen molar-refractivity contribution in [3.05, 3.63) is 39.9 Å². The van der Waals surface area contributed by atoms with Crippen LogP contribution in [0.4, 0.5) is 0 Å². The lowest BCUT2D eigenvalue weighted by Crippen LogP contribution is -1.91. The first-order valence-electron chi connectivity index (χ1n) is 5.62. The number of hydrogen-bond acceptors (Lipinski definition) is 3. The highest BCUT2D eigenvalue weighted by atomic mass is 79.9. The van der Waals surface area contributed by atoms with Gasteiger partial charge in [0.25, 0.3) is 0 Å². The Balaban J connectivity index is 2.52. The smallest absolute Gasteiger partial charge is 0.146 e. The standard InChI is InChI=1S/C14H11BrN2O/c1-7-3-4-10-11(5-7)17-12-9(15)6-8(2)14(18)13(12)16-10/h3-6,18H,1-2H3. The first-order chi connectivity index (χ1) is 8.56. The summed E-state index contributed by atoms with van der Waals surface area (Å²) in [6, 6.07) is 7.76. The molecule has 18 heavy (non-hydrogen) atoms. The zero-order valence-corrected chi connectivity index (χ0v) is 11.6. The lowest BCUT2D eigenvalue weighted by Gasteiger charge is -2.07. The molecule has 0 unspecified atom stereocenters. The van der Waals surface area contributed by atoms with Gasteiger partial charge in [-0.3, -0.25) is 0 Å². The van der Waals surface area contributed by atoms with E-state index >= 15 is 0 Å². The topological polar surface area (TPSA) is 46.0 Å². The van der Waals surface area contributed by atoms with Crippen LogP contribution >= 0.6 is 15.9 Å². The second-order valence-electron chi connectivity index (χ2n) is 4.44. The quantitative estimate of drug-likeness (QED) is 0.641. The van der Waals surface area contributed by atoms with Gasteiger partial charge in [-0.05, 0) is 59.1 Å². The van der Waals surface area contributed by atoms with Crippen LogP contribution in [0.25, 0.3) is 22.1 Å². The normalized spacial score (nSPS) is 11.3. The molecule has 0 aliphatic carbocycles. The summed E-state index contributed by atoms with van der Waals surface area (Å²) >= 11 is 3.47. The molecule has 0 saturated heterocycles. The van der Waals surface area contributed by atoms with Crippen LogP contribution in [0.3, 0.4) is 0 Å². The van der Waals surface area contributed by atoms with Gasteiger partial charge in [0, 0.05) is 4.47 Å². The molecule has 90 valence electrons.